The first kappa shape index (κ1) is 23.6. The molecule has 2 saturated carbocycles. The van der Waals surface area contributed by atoms with Crippen LogP contribution in [0.1, 0.15) is 84.9 Å². The second-order valence-corrected chi connectivity index (χ2v) is 10.0. The second-order valence-electron chi connectivity index (χ2n) is 10.0. The number of aliphatic hydroxyl groups is 2. The van der Waals surface area contributed by atoms with Gasteiger partial charge in [0.25, 0.3) is 0 Å². The SMILES string of the molecule is O=C(c1ccc2oc3ccc(C(=O)C4(O)CCCCC4)cc3c(=O)c(=O)c2c1)C1(O)CCCCC1. The van der Waals surface area contributed by atoms with E-state index in [-0.39, 0.29) is 33.1 Å². The van der Waals surface area contributed by atoms with Gasteiger partial charge in [0.05, 0.1) is 10.8 Å². The Labute approximate surface area is 201 Å². The number of fused-ring (bicyclic) bond motifs is 2. The maximum atomic E-state index is 13.1. The number of hydrogen-bond donors (Lipinski definition) is 2. The van der Waals surface area contributed by atoms with Crippen molar-refractivity contribution in [2.45, 2.75) is 75.4 Å². The van der Waals surface area contributed by atoms with Crippen LogP contribution in [0.2, 0.25) is 0 Å². The number of benzene rings is 2. The molecular formula is C28H28O7. The fourth-order valence-electron chi connectivity index (χ4n) is 5.50. The van der Waals surface area contributed by atoms with Crippen molar-refractivity contribution in [2.24, 2.45) is 0 Å². The molecule has 0 radical (unpaired) electrons. The summed E-state index contributed by atoms with van der Waals surface area (Å²) in [6.45, 7) is 0. The van der Waals surface area contributed by atoms with Crippen LogP contribution in [0.25, 0.3) is 21.9 Å². The number of ketones is 2. The Morgan fingerprint density at radius 2 is 1.00 bits per heavy atom. The summed E-state index contributed by atoms with van der Waals surface area (Å²) in [5.41, 5.74) is -4.10. The van der Waals surface area contributed by atoms with Crippen molar-refractivity contribution in [3.05, 3.63) is 68.0 Å². The van der Waals surface area contributed by atoms with Gasteiger partial charge in [-0.05, 0) is 62.1 Å². The van der Waals surface area contributed by atoms with E-state index in [4.69, 9.17) is 4.42 Å². The van der Waals surface area contributed by atoms with Gasteiger partial charge in [0.1, 0.15) is 22.4 Å². The Bertz CT molecular complexity index is 1340. The van der Waals surface area contributed by atoms with Crippen molar-refractivity contribution in [3.63, 3.8) is 0 Å². The number of Topliss-reactive ketones (excluding diaryl/α,β-unsaturated/α-hetero) is 2. The highest BCUT2D eigenvalue weighted by Crippen LogP contribution is 2.33. The van der Waals surface area contributed by atoms with E-state index in [1.165, 1.54) is 36.4 Å². The Balaban J connectivity index is 1.62. The minimum atomic E-state index is -1.47. The maximum Gasteiger partial charge on any atom is 0.237 e. The van der Waals surface area contributed by atoms with Crippen molar-refractivity contribution in [1.29, 1.82) is 0 Å². The van der Waals surface area contributed by atoms with Crippen LogP contribution in [0.15, 0.2) is 50.4 Å². The Hall–Kier alpha value is -3.16. The Kier molecular flexibility index (Phi) is 5.93. The molecule has 0 aliphatic heterocycles. The predicted molar refractivity (Wildman–Crippen MR) is 131 cm³/mol. The molecule has 2 fully saturated rings. The van der Waals surface area contributed by atoms with E-state index < -0.39 is 33.6 Å². The standard InChI is InChI=1S/C28H28O7/c29-23-19-15-17(25(31)27(33)11-3-1-4-12-27)7-9-21(19)35-22-10-8-18(16-20(22)24(23)30)26(32)28(34)13-5-2-6-14-28/h7-10,15-16,33-34H,1-6,11-14H2. The molecule has 0 atom stereocenters. The van der Waals surface area contributed by atoms with E-state index in [9.17, 15) is 29.4 Å². The molecule has 7 nitrogen and oxygen atoms in total. The number of rotatable bonds is 4. The van der Waals surface area contributed by atoms with Gasteiger partial charge in [-0.3, -0.25) is 19.2 Å². The summed E-state index contributed by atoms with van der Waals surface area (Å²) in [6, 6.07) is 8.53. The summed E-state index contributed by atoms with van der Waals surface area (Å²) in [6.07, 6.45) is 6.36. The Morgan fingerprint density at radius 3 is 1.37 bits per heavy atom. The molecule has 2 aliphatic carbocycles. The van der Waals surface area contributed by atoms with Gasteiger partial charge in [-0.25, -0.2) is 0 Å². The fraction of sp³-hybridized carbons (Fsp3) is 0.429. The van der Waals surface area contributed by atoms with Gasteiger partial charge < -0.3 is 14.6 Å². The van der Waals surface area contributed by atoms with Crippen molar-refractivity contribution in [3.8, 4) is 0 Å². The fourth-order valence-corrected chi connectivity index (χ4v) is 5.50. The van der Waals surface area contributed by atoms with Gasteiger partial charge in [-0.2, -0.15) is 0 Å². The number of hydrogen-bond acceptors (Lipinski definition) is 7. The predicted octanol–water partition coefficient (Wildman–Crippen LogP) is 4.06. The van der Waals surface area contributed by atoms with Crippen LogP contribution in [0.3, 0.4) is 0 Å². The summed E-state index contributed by atoms with van der Waals surface area (Å²) in [7, 11) is 0. The highest BCUT2D eigenvalue weighted by Gasteiger charge is 2.38. The molecule has 0 spiro atoms. The first-order valence-corrected chi connectivity index (χ1v) is 12.3. The van der Waals surface area contributed by atoms with Crippen LogP contribution in [-0.2, 0) is 0 Å². The molecule has 1 heterocycles. The highest BCUT2D eigenvalue weighted by molar-refractivity contribution is 6.06. The van der Waals surface area contributed by atoms with Crippen LogP contribution < -0.4 is 10.9 Å². The van der Waals surface area contributed by atoms with E-state index in [1.54, 1.807) is 0 Å². The summed E-state index contributed by atoms with van der Waals surface area (Å²) in [4.78, 5) is 52.4. The first-order chi connectivity index (χ1) is 16.7. The lowest BCUT2D eigenvalue weighted by Gasteiger charge is -2.30. The molecule has 1 aromatic heterocycles. The van der Waals surface area contributed by atoms with Gasteiger partial charge in [0.2, 0.25) is 10.9 Å². The lowest BCUT2D eigenvalue weighted by atomic mass is 9.79. The smallest absolute Gasteiger partial charge is 0.237 e. The third-order valence-electron chi connectivity index (χ3n) is 7.61. The van der Waals surface area contributed by atoms with Gasteiger partial charge >= 0.3 is 0 Å². The van der Waals surface area contributed by atoms with Crippen LogP contribution in [0.5, 0.6) is 0 Å². The topological polar surface area (TPSA) is 122 Å². The van der Waals surface area contributed by atoms with Gasteiger partial charge in [0.15, 0.2) is 11.6 Å². The molecule has 3 aromatic rings. The van der Waals surface area contributed by atoms with E-state index >= 15 is 0 Å². The van der Waals surface area contributed by atoms with Crippen molar-refractivity contribution in [1.82, 2.24) is 0 Å². The Morgan fingerprint density at radius 1 is 0.629 bits per heavy atom. The molecule has 0 unspecified atom stereocenters. The third-order valence-corrected chi connectivity index (χ3v) is 7.61. The zero-order chi connectivity index (χ0) is 24.8. The lowest BCUT2D eigenvalue weighted by molar-refractivity contribution is 0.0116. The summed E-state index contributed by atoms with van der Waals surface area (Å²) in [5.74, 6) is -0.925. The molecule has 5 rings (SSSR count). The van der Waals surface area contributed by atoms with E-state index in [0.29, 0.717) is 25.7 Å². The molecule has 0 bridgehead atoms. The quantitative estimate of drug-likeness (QED) is 0.430. The zero-order valence-electron chi connectivity index (χ0n) is 19.5. The molecule has 2 N–H and O–H groups in total. The van der Waals surface area contributed by atoms with E-state index in [0.717, 1.165) is 38.5 Å². The molecule has 182 valence electrons. The van der Waals surface area contributed by atoms with E-state index in [2.05, 4.69) is 0 Å². The van der Waals surface area contributed by atoms with Gasteiger partial charge in [-0.1, -0.05) is 38.5 Å². The van der Waals surface area contributed by atoms with E-state index in [1.807, 2.05) is 0 Å². The molecule has 2 aliphatic rings. The summed E-state index contributed by atoms with van der Waals surface area (Å²) >= 11 is 0. The minimum absolute atomic E-state index is 0.0600. The van der Waals surface area contributed by atoms with Crippen molar-refractivity contribution >= 4 is 33.5 Å². The summed E-state index contributed by atoms with van der Waals surface area (Å²) in [5, 5.41) is 21.6. The number of carbonyl (C=O) groups is 2. The monoisotopic (exact) mass is 476 g/mol. The molecule has 0 saturated heterocycles. The average Bonchev–Trinajstić information content (AvgIpc) is 2.98. The molecule has 35 heavy (non-hydrogen) atoms. The van der Waals surface area contributed by atoms with Crippen LogP contribution in [0, 0.1) is 0 Å². The number of carbonyl (C=O) groups excluding carboxylic acids is 2. The zero-order valence-corrected chi connectivity index (χ0v) is 19.5. The first-order valence-electron chi connectivity index (χ1n) is 12.3. The van der Waals surface area contributed by atoms with Crippen LogP contribution >= 0.6 is 0 Å². The molecule has 0 amide bonds. The van der Waals surface area contributed by atoms with Gasteiger partial charge in [0, 0.05) is 11.1 Å². The largest absolute Gasteiger partial charge is 0.456 e. The average molecular weight is 477 g/mol. The minimum Gasteiger partial charge on any atom is -0.456 e. The van der Waals surface area contributed by atoms with Crippen LogP contribution in [-0.4, -0.2) is 33.0 Å². The third kappa shape index (κ3) is 4.13. The summed E-state index contributed by atoms with van der Waals surface area (Å²) < 4.78 is 5.86. The van der Waals surface area contributed by atoms with Gasteiger partial charge in [-0.15, -0.1) is 0 Å². The second kappa shape index (κ2) is 8.81. The normalized spacial score (nSPS) is 19.5. The molecular weight excluding hydrogens is 448 g/mol. The van der Waals surface area contributed by atoms with Crippen LogP contribution in [0.4, 0.5) is 0 Å². The highest BCUT2D eigenvalue weighted by atomic mass is 16.3. The maximum absolute atomic E-state index is 13.1. The molecule has 2 aromatic carbocycles. The molecule has 7 heteroatoms. The van der Waals surface area contributed by atoms with Crippen molar-refractivity contribution < 1.29 is 24.2 Å². The lowest BCUT2D eigenvalue weighted by Crippen LogP contribution is -2.40. The van der Waals surface area contributed by atoms with Crippen molar-refractivity contribution in [2.75, 3.05) is 0 Å².